The Balaban J connectivity index is 1.29. The van der Waals surface area contributed by atoms with Crippen LogP contribution in [-0.2, 0) is 4.79 Å². The number of halogens is 2. The molecule has 1 N–H and O–H groups in total. The average molecular weight is 512 g/mol. The second-order valence-corrected chi connectivity index (χ2v) is 9.36. The van der Waals surface area contributed by atoms with E-state index >= 15 is 0 Å². The molecule has 4 rings (SSSR count). The number of hydrogen-bond donors (Lipinski definition) is 1. The molecule has 0 aliphatic carbocycles. The largest absolute Gasteiger partial charge is 0.479 e. The molecule has 1 aliphatic heterocycles. The first-order valence-electron chi connectivity index (χ1n) is 11.4. The summed E-state index contributed by atoms with van der Waals surface area (Å²) in [6, 6.07) is 20.2. The van der Waals surface area contributed by atoms with Gasteiger partial charge in [0, 0.05) is 48.1 Å². The van der Waals surface area contributed by atoms with Crippen molar-refractivity contribution >= 4 is 46.4 Å². The number of benzene rings is 3. The van der Waals surface area contributed by atoms with E-state index in [-0.39, 0.29) is 11.8 Å². The molecule has 3 aromatic carbocycles. The Morgan fingerprint density at radius 3 is 2.20 bits per heavy atom. The second kappa shape index (κ2) is 11.0. The summed E-state index contributed by atoms with van der Waals surface area (Å²) in [4.78, 5) is 29.4. The number of nitrogens with one attached hydrogen (secondary N) is 1. The third-order valence-electron chi connectivity index (χ3n) is 5.93. The smallest absolute Gasteiger partial charge is 0.265 e. The van der Waals surface area contributed by atoms with Crippen LogP contribution in [0, 0.1) is 6.92 Å². The van der Waals surface area contributed by atoms with Crippen LogP contribution in [0.2, 0.25) is 10.0 Å². The van der Waals surface area contributed by atoms with E-state index in [9.17, 15) is 9.59 Å². The van der Waals surface area contributed by atoms with Gasteiger partial charge in [0.05, 0.1) is 5.02 Å². The Morgan fingerprint density at radius 1 is 0.914 bits per heavy atom. The Morgan fingerprint density at radius 2 is 1.57 bits per heavy atom. The maximum atomic E-state index is 12.7. The first-order valence-corrected chi connectivity index (χ1v) is 12.2. The van der Waals surface area contributed by atoms with Gasteiger partial charge in [0.2, 0.25) is 0 Å². The van der Waals surface area contributed by atoms with Crippen LogP contribution in [0.4, 0.5) is 11.4 Å². The fourth-order valence-corrected chi connectivity index (χ4v) is 4.31. The number of carbonyl (C=O) groups is 2. The molecule has 0 radical (unpaired) electrons. The number of anilines is 2. The zero-order valence-corrected chi connectivity index (χ0v) is 21.1. The van der Waals surface area contributed by atoms with Crippen LogP contribution < -0.4 is 15.0 Å². The van der Waals surface area contributed by atoms with Crippen molar-refractivity contribution in [3.05, 3.63) is 87.9 Å². The minimum absolute atomic E-state index is 0.0685. The van der Waals surface area contributed by atoms with Gasteiger partial charge in [-0.05, 0) is 68.4 Å². The lowest BCUT2D eigenvalue weighted by Crippen LogP contribution is -2.48. The molecule has 0 spiro atoms. The lowest BCUT2D eigenvalue weighted by Gasteiger charge is -2.36. The molecule has 35 heavy (non-hydrogen) atoms. The van der Waals surface area contributed by atoms with Gasteiger partial charge in [-0.1, -0.05) is 40.9 Å². The van der Waals surface area contributed by atoms with E-state index in [4.69, 9.17) is 27.9 Å². The number of rotatable bonds is 6. The molecular weight excluding hydrogens is 485 g/mol. The van der Waals surface area contributed by atoms with Crippen LogP contribution in [0.1, 0.15) is 22.8 Å². The number of ether oxygens (including phenoxy) is 1. The molecule has 6 nitrogen and oxygen atoms in total. The highest BCUT2D eigenvalue weighted by Crippen LogP contribution is 2.28. The molecule has 1 fully saturated rings. The summed E-state index contributed by atoms with van der Waals surface area (Å²) in [6.45, 7) is 6.48. The van der Waals surface area contributed by atoms with Gasteiger partial charge in [-0.2, -0.15) is 0 Å². The lowest BCUT2D eigenvalue weighted by molar-refractivity contribution is -0.122. The molecule has 0 bridgehead atoms. The summed E-state index contributed by atoms with van der Waals surface area (Å²) in [5.41, 5.74) is 3.58. The number of nitrogens with zero attached hydrogens (tertiary/aromatic N) is 2. The molecule has 1 heterocycles. The van der Waals surface area contributed by atoms with E-state index in [0.29, 0.717) is 34.6 Å². The van der Waals surface area contributed by atoms with Gasteiger partial charge in [-0.15, -0.1) is 0 Å². The van der Waals surface area contributed by atoms with Crippen molar-refractivity contribution in [2.75, 3.05) is 36.4 Å². The molecule has 1 aliphatic rings. The number of amides is 2. The van der Waals surface area contributed by atoms with Gasteiger partial charge in [0.1, 0.15) is 5.75 Å². The number of aryl methyl sites for hydroxylation is 1. The molecule has 2 amide bonds. The third-order valence-corrected chi connectivity index (χ3v) is 6.46. The van der Waals surface area contributed by atoms with Crippen LogP contribution in [0.15, 0.2) is 66.7 Å². The van der Waals surface area contributed by atoms with Crippen molar-refractivity contribution in [2.24, 2.45) is 0 Å². The predicted molar refractivity (Wildman–Crippen MR) is 141 cm³/mol. The first-order chi connectivity index (χ1) is 16.8. The average Bonchev–Trinajstić information content (AvgIpc) is 2.86. The molecule has 0 saturated carbocycles. The van der Waals surface area contributed by atoms with Gasteiger partial charge < -0.3 is 19.9 Å². The van der Waals surface area contributed by atoms with Crippen molar-refractivity contribution in [3.8, 4) is 5.75 Å². The summed E-state index contributed by atoms with van der Waals surface area (Å²) in [7, 11) is 0. The Bertz CT molecular complexity index is 1190. The van der Waals surface area contributed by atoms with E-state index in [2.05, 4.69) is 10.2 Å². The summed E-state index contributed by atoms with van der Waals surface area (Å²) in [6.07, 6.45) is -0.743. The standard InChI is InChI=1S/C27H27Cl2N3O3/c1-18-3-5-20(6-4-18)27(34)32-15-13-31(14-16-32)23-10-8-22(9-11-23)30-26(33)19(2)35-25-12-7-21(28)17-24(25)29/h3-12,17,19H,13-16H2,1-2H3,(H,30,33)/t19-/m1/s1. The van der Waals surface area contributed by atoms with Crippen LogP contribution in [-0.4, -0.2) is 49.0 Å². The van der Waals surface area contributed by atoms with Crippen molar-refractivity contribution < 1.29 is 14.3 Å². The van der Waals surface area contributed by atoms with Crippen LogP contribution in [0.25, 0.3) is 0 Å². The Hall–Kier alpha value is -3.22. The molecular formula is C27H27Cl2N3O3. The summed E-state index contributed by atoms with van der Waals surface area (Å²) in [5, 5.41) is 3.71. The lowest BCUT2D eigenvalue weighted by atomic mass is 10.1. The summed E-state index contributed by atoms with van der Waals surface area (Å²) in [5.74, 6) is 0.181. The van der Waals surface area contributed by atoms with E-state index in [1.165, 1.54) is 0 Å². The Labute approximate surface area is 215 Å². The zero-order chi connectivity index (χ0) is 24.9. The minimum atomic E-state index is -0.743. The topological polar surface area (TPSA) is 61.9 Å². The van der Waals surface area contributed by atoms with Crippen LogP contribution in [0.5, 0.6) is 5.75 Å². The zero-order valence-electron chi connectivity index (χ0n) is 19.6. The number of hydrogen-bond acceptors (Lipinski definition) is 4. The number of carbonyl (C=O) groups excluding carboxylic acids is 2. The summed E-state index contributed by atoms with van der Waals surface area (Å²) >= 11 is 12.0. The predicted octanol–water partition coefficient (Wildman–Crippen LogP) is 5.67. The maximum Gasteiger partial charge on any atom is 0.265 e. The molecule has 1 saturated heterocycles. The van der Waals surface area contributed by atoms with Gasteiger partial charge in [-0.25, -0.2) is 0 Å². The molecule has 0 aromatic heterocycles. The van der Waals surface area contributed by atoms with E-state index in [1.54, 1.807) is 25.1 Å². The highest BCUT2D eigenvalue weighted by Gasteiger charge is 2.22. The van der Waals surface area contributed by atoms with Crippen molar-refractivity contribution in [3.63, 3.8) is 0 Å². The van der Waals surface area contributed by atoms with Crippen molar-refractivity contribution in [2.45, 2.75) is 20.0 Å². The highest BCUT2D eigenvalue weighted by molar-refractivity contribution is 6.35. The molecule has 3 aromatic rings. The monoisotopic (exact) mass is 511 g/mol. The molecule has 1 atom stereocenters. The quantitative estimate of drug-likeness (QED) is 0.463. The maximum absolute atomic E-state index is 12.7. The SMILES string of the molecule is Cc1ccc(C(=O)N2CCN(c3ccc(NC(=O)[C@@H](C)Oc4ccc(Cl)cc4Cl)cc3)CC2)cc1. The van der Waals surface area contributed by atoms with Gasteiger partial charge in [0.15, 0.2) is 6.10 Å². The first kappa shape index (κ1) is 24.9. The van der Waals surface area contributed by atoms with Gasteiger partial charge in [0.25, 0.3) is 11.8 Å². The fourth-order valence-electron chi connectivity index (χ4n) is 3.86. The Kier molecular flexibility index (Phi) is 7.83. The fraction of sp³-hybridized carbons (Fsp3) is 0.259. The minimum Gasteiger partial charge on any atom is -0.479 e. The van der Waals surface area contributed by atoms with Crippen LogP contribution >= 0.6 is 23.2 Å². The van der Waals surface area contributed by atoms with E-state index in [1.807, 2.05) is 60.4 Å². The second-order valence-electron chi connectivity index (χ2n) is 8.52. The van der Waals surface area contributed by atoms with Crippen LogP contribution in [0.3, 0.4) is 0 Å². The van der Waals surface area contributed by atoms with E-state index < -0.39 is 6.10 Å². The van der Waals surface area contributed by atoms with Crippen molar-refractivity contribution in [1.82, 2.24) is 4.90 Å². The third kappa shape index (κ3) is 6.27. The molecule has 0 unspecified atom stereocenters. The van der Waals surface area contributed by atoms with Gasteiger partial charge in [-0.3, -0.25) is 9.59 Å². The van der Waals surface area contributed by atoms with Crippen molar-refractivity contribution in [1.29, 1.82) is 0 Å². The van der Waals surface area contributed by atoms with E-state index in [0.717, 1.165) is 29.9 Å². The summed E-state index contributed by atoms with van der Waals surface area (Å²) < 4.78 is 5.68. The normalized spacial score (nSPS) is 14.4. The van der Waals surface area contributed by atoms with Gasteiger partial charge >= 0.3 is 0 Å². The highest BCUT2D eigenvalue weighted by atomic mass is 35.5. The number of piperazine rings is 1. The molecule has 8 heteroatoms. The molecule has 182 valence electrons.